The smallest absolute Gasteiger partial charge is 0.275 e. The van der Waals surface area contributed by atoms with E-state index in [-0.39, 0.29) is 10.6 Å². The Labute approximate surface area is 127 Å². The fourth-order valence-corrected chi connectivity index (χ4v) is 3.10. The molecule has 0 aromatic heterocycles. The Morgan fingerprint density at radius 3 is 2.95 bits per heavy atom. The summed E-state index contributed by atoms with van der Waals surface area (Å²) in [6.45, 7) is 4.91. The lowest BCUT2D eigenvalue weighted by atomic mass is 9.94. The summed E-state index contributed by atoms with van der Waals surface area (Å²) in [6.07, 6.45) is 1.09. The van der Waals surface area contributed by atoms with E-state index in [0.717, 1.165) is 29.5 Å². The molecule has 0 amide bonds. The Bertz CT molecular complexity index is 495. The van der Waals surface area contributed by atoms with E-state index in [1.807, 2.05) is 12.1 Å². The highest BCUT2D eigenvalue weighted by Gasteiger charge is 2.24. The van der Waals surface area contributed by atoms with Gasteiger partial charge in [-0.1, -0.05) is 22.9 Å². The Hall–Kier alpha value is -0.980. The van der Waals surface area contributed by atoms with Crippen molar-refractivity contribution in [3.8, 4) is 0 Å². The molecule has 1 fully saturated rings. The van der Waals surface area contributed by atoms with Gasteiger partial charge in [-0.2, -0.15) is 0 Å². The van der Waals surface area contributed by atoms with Gasteiger partial charge >= 0.3 is 0 Å². The summed E-state index contributed by atoms with van der Waals surface area (Å²) in [4.78, 5) is 13.1. The fourth-order valence-electron chi connectivity index (χ4n) is 2.75. The van der Waals surface area contributed by atoms with E-state index in [9.17, 15) is 10.1 Å². The molecule has 1 N–H and O–H groups in total. The van der Waals surface area contributed by atoms with E-state index in [1.54, 1.807) is 6.07 Å². The first kappa shape index (κ1) is 15.4. The van der Waals surface area contributed by atoms with Crippen LogP contribution >= 0.6 is 15.9 Å². The zero-order valence-corrected chi connectivity index (χ0v) is 13.4. The van der Waals surface area contributed by atoms with Crippen molar-refractivity contribution in [2.45, 2.75) is 25.9 Å². The molecule has 5 nitrogen and oxygen atoms in total. The number of nitro benzene ring substituents is 1. The minimum atomic E-state index is -0.320. The SMILES string of the molecule is CC1CN(C)CCC1NCc1ccc(Br)cc1[N+](=O)[O-]. The number of halogens is 1. The molecule has 2 unspecified atom stereocenters. The van der Waals surface area contributed by atoms with Gasteiger partial charge < -0.3 is 10.2 Å². The van der Waals surface area contributed by atoms with Crippen molar-refractivity contribution < 1.29 is 4.92 Å². The van der Waals surface area contributed by atoms with Crippen molar-refractivity contribution in [1.82, 2.24) is 10.2 Å². The van der Waals surface area contributed by atoms with Gasteiger partial charge in [0.05, 0.1) is 4.92 Å². The summed E-state index contributed by atoms with van der Waals surface area (Å²) in [5.74, 6) is 0.559. The standard InChI is InChI=1S/C14H20BrN3O2/c1-10-9-17(2)6-5-13(10)16-8-11-3-4-12(15)7-14(11)18(19)20/h3-4,7,10,13,16H,5-6,8-9H2,1-2H3. The van der Waals surface area contributed by atoms with Crippen LogP contribution in [0.25, 0.3) is 0 Å². The predicted molar refractivity (Wildman–Crippen MR) is 82.7 cm³/mol. The van der Waals surface area contributed by atoms with Gasteiger partial charge in [-0.25, -0.2) is 0 Å². The molecule has 0 spiro atoms. The van der Waals surface area contributed by atoms with Crippen LogP contribution in [0.4, 0.5) is 5.69 Å². The first-order chi connectivity index (χ1) is 9.47. The van der Waals surface area contributed by atoms with E-state index in [2.05, 4.69) is 40.1 Å². The van der Waals surface area contributed by atoms with Crippen molar-refractivity contribution >= 4 is 21.6 Å². The van der Waals surface area contributed by atoms with Gasteiger partial charge in [0.1, 0.15) is 0 Å². The van der Waals surface area contributed by atoms with E-state index in [0.29, 0.717) is 18.5 Å². The third-order valence-electron chi connectivity index (χ3n) is 3.91. The molecule has 1 aromatic carbocycles. The largest absolute Gasteiger partial charge is 0.309 e. The maximum atomic E-state index is 11.1. The topological polar surface area (TPSA) is 58.4 Å². The summed E-state index contributed by atoms with van der Waals surface area (Å²) >= 11 is 3.28. The van der Waals surface area contributed by atoms with Gasteiger partial charge in [0.2, 0.25) is 0 Å². The molecule has 1 saturated heterocycles. The quantitative estimate of drug-likeness (QED) is 0.675. The number of benzene rings is 1. The summed E-state index contributed by atoms with van der Waals surface area (Å²) in [5, 5.41) is 14.6. The number of hydrogen-bond acceptors (Lipinski definition) is 4. The molecular weight excluding hydrogens is 322 g/mol. The van der Waals surface area contributed by atoms with Crippen LogP contribution in [-0.2, 0) is 6.54 Å². The number of nitro groups is 1. The van der Waals surface area contributed by atoms with Crippen LogP contribution in [-0.4, -0.2) is 36.0 Å². The van der Waals surface area contributed by atoms with E-state index in [4.69, 9.17) is 0 Å². The Kier molecular flexibility index (Phi) is 5.12. The lowest BCUT2D eigenvalue weighted by molar-refractivity contribution is -0.385. The first-order valence-corrected chi connectivity index (χ1v) is 7.61. The molecule has 110 valence electrons. The molecule has 0 saturated carbocycles. The van der Waals surface area contributed by atoms with Gasteiger partial charge in [-0.15, -0.1) is 0 Å². The van der Waals surface area contributed by atoms with Crippen LogP contribution in [0.1, 0.15) is 18.9 Å². The highest BCUT2D eigenvalue weighted by Crippen LogP contribution is 2.24. The highest BCUT2D eigenvalue weighted by molar-refractivity contribution is 9.10. The molecule has 0 radical (unpaired) electrons. The average Bonchev–Trinajstić information content (AvgIpc) is 2.38. The summed E-state index contributed by atoms with van der Waals surface area (Å²) < 4.78 is 0.737. The van der Waals surface area contributed by atoms with Gasteiger partial charge in [0.25, 0.3) is 5.69 Å². The van der Waals surface area contributed by atoms with Gasteiger partial charge in [-0.05, 0) is 38.1 Å². The maximum Gasteiger partial charge on any atom is 0.275 e. The minimum Gasteiger partial charge on any atom is -0.309 e. The third-order valence-corrected chi connectivity index (χ3v) is 4.40. The number of hydrogen-bond donors (Lipinski definition) is 1. The van der Waals surface area contributed by atoms with Gasteiger partial charge in [-0.3, -0.25) is 10.1 Å². The van der Waals surface area contributed by atoms with Crippen molar-refractivity contribution in [1.29, 1.82) is 0 Å². The van der Waals surface area contributed by atoms with Crippen LogP contribution in [0.15, 0.2) is 22.7 Å². The lowest BCUT2D eigenvalue weighted by Gasteiger charge is -2.35. The van der Waals surface area contributed by atoms with Crippen LogP contribution in [0.3, 0.4) is 0 Å². The predicted octanol–water partition coefficient (Wildman–Crippen LogP) is 2.79. The van der Waals surface area contributed by atoms with Crippen LogP contribution in [0.2, 0.25) is 0 Å². The molecule has 2 rings (SSSR count). The second-order valence-electron chi connectivity index (χ2n) is 5.55. The third kappa shape index (κ3) is 3.77. The van der Waals surface area contributed by atoms with Gasteiger partial charge in [0, 0.05) is 35.2 Å². The molecule has 6 heteroatoms. The fraction of sp³-hybridized carbons (Fsp3) is 0.571. The zero-order valence-electron chi connectivity index (χ0n) is 11.8. The molecular formula is C14H20BrN3O2. The van der Waals surface area contributed by atoms with Crippen molar-refractivity contribution in [2.24, 2.45) is 5.92 Å². The molecule has 20 heavy (non-hydrogen) atoms. The highest BCUT2D eigenvalue weighted by atomic mass is 79.9. The van der Waals surface area contributed by atoms with Crippen molar-refractivity contribution in [3.63, 3.8) is 0 Å². The average molecular weight is 342 g/mol. The van der Waals surface area contributed by atoms with E-state index < -0.39 is 0 Å². The number of nitrogens with one attached hydrogen (secondary N) is 1. The van der Waals surface area contributed by atoms with Gasteiger partial charge in [0.15, 0.2) is 0 Å². The summed E-state index contributed by atoms with van der Waals surface area (Å²) in [7, 11) is 2.13. The second kappa shape index (κ2) is 6.65. The summed E-state index contributed by atoms with van der Waals surface area (Å²) in [5.41, 5.74) is 0.914. The number of piperidine rings is 1. The first-order valence-electron chi connectivity index (χ1n) is 6.82. The number of nitrogens with zero attached hydrogens (tertiary/aromatic N) is 2. The molecule has 1 aromatic rings. The summed E-state index contributed by atoms with van der Waals surface area (Å²) in [6, 6.07) is 5.65. The van der Waals surface area contributed by atoms with Crippen molar-refractivity contribution in [2.75, 3.05) is 20.1 Å². The molecule has 0 aliphatic carbocycles. The second-order valence-corrected chi connectivity index (χ2v) is 6.46. The minimum absolute atomic E-state index is 0.174. The Morgan fingerprint density at radius 2 is 2.30 bits per heavy atom. The van der Waals surface area contributed by atoms with Crippen LogP contribution in [0, 0.1) is 16.0 Å². The molecule has 0 bridgehead atoms. The van der Waals surface area contributed by atoms with Crippen LogP contribution in [0.5, 0.6) is 0 Å². The normalized spacial score (nSPS) is 23.8. The zero-order chi connectivity index (χ0) is 14.7. The van der Waals surface area contributed by atoms with Crippen molar-refractivity contribution in [3.05, 3.63) is 38.3 Å². The van der Waals surface area contributed by atoms with E-state index >= 15 is 0 Å². The number of likely N-dealkylation sites (tertiary alicyclic amines) is 1. The Morgan fingerprint density at radius 1 is 1.55 bits per heavy atom. The molecule has 1 aliphatic rings. The monoisotopic (exact) mass is 341 g/mol. The molecule has 1 aliphatic heterocycles. The van der Waals surface area contributed by atoms with Crippen LogP contribution < -0.4 is 5.32 Å². The molecule has 2 atom stereocenters. The van der Waals surface area contributed by atoms with E-state index in [1.165, 1.54) is 0 Å². The number of rotatable bonds is 4. The lowest BCUT2D eigenvalue weighted by Crippen LogP contribution is -2.46. The maximum absolute atomic E-state index is 11.1. The Balaban J connectivity index is 2.02. The molecule has 1 heterocycles.